The third kappa shape index (κ3) is 6.63. The van der Waals surface area contributed by atoms with E-state index in [1.165, 1.54) is 11.0 Å². The number of carbonyl (C=O) groups excluding carboxylic acids is 3. The lowest BCUT2D eigenvalue weighted by Crippen LogP contribution is -2.60. The number of benzene rings is 2. The SMILES string of the molecule is CCc1ccccc1NC(=O)C[C@H]1C(=O)NCCN1C(=O)CN1CCN(c2cccc(C(F)(F)F)c2)CC1. The molecule has 2 fully saturated rings. The maximum atomic E-state index is 13.2. The highest BCUT2D eigenvalue weighted by Gasteiger charge is 2.36. The molecule has 0 radical (unpaired) electrons. The fraction of sp³-hybridized carbons (Fsp3) is 0.444. The van der Waals surface area contributed by atoms with Gasteiger partial charge in [0.25, 0.3) is 0 Å². The van der Waals surface area contributed by atoms with E-state index < -0.39 is 17.8 Å². The molecule has 0 unspecified atom stereocenters. The van der Waals surface area contributed by atoms with Gasteiger partial charge in [0.1, 0.15) is 6.04 Å². The van der Waals surface area contributed by atoms with Crippen LogP contribution in [0.2, 0.25) is 0 Å². The van der Waals surface area contributed by atoms with E-state index >= 15 is 0 Å². The van der Waals surface area contributed by atoms with Gasteiger partial charge in [-0.25, -0.2) is 0 Å². The van der Waals surface area contributed by atoms with Crippen LogP contribution in [0.1, 0.15) is 24.5 Å². The second kappa shape index (κ2) is 11.8. The zero-order chi connectivity index (χ0) is 27.3. The number of aryl methyl sites for hydroxylation is 1. The standard InChI is InChI=1S/C27H32F3N5O3/c1-2-19-6-3-4-9-22(19)32-24(36)17-23-26(38)31-10-11-35(23)25(37)18-33-12-14-34(15-13-33)21-8-5-7-20(16-21)27(28,29)30/h3-9,16,23H,2,10-15,17-18H2,1H3,(H,31,38)(H,32,36)/t23-/m0/s1. The minimum Gasteiger partial charge on any atom is -0.369 e. The van der Waals surface area contributed by atoms with E-state index in [9.17, 15) is 27.6 Å². The van der Waals surface area contributed by atoms with Crippen LogP contribution in [0.4, 0.5) is 24.5 Å². The van der Waals surface area contributed by atoms with Gasteiger partial charge in [-0.05, 0) is 36.2 Å². The van der Waals surface area contributed by atoms with Gasteiger partial charge in [0.15, 0.2) is 0 Å². The van der Waals surface area contributed by atoms with Crippen LogP contribution in [0.5, 0.6) is 0 Å². The van der Waals surface area contributed by atoms with Gasteiger partial charge in [0, 0.05) is 50.6 Å². The number of alkyl halides is 3. The summed E-state index contributed by atoms with van der Waals surface area (Å²) in [4.78, 5) is 43.9. The Hall–Kier alpha value is -3.60. The number of anilines is 2. The molecular formula is C27H32F3N5O3. The molecule has 2 aliphatic rings. The summed E-state index contributed by atoms with van der Waals surface area (Å²) in [6.07, 6.45) is -3.82. The molecule has 0 bridgehead atoms. The lowest BCUT2D eigenvalue weighted by Gasteiger charge is -2.39. The van der Waals surface area contributed by atoms with Crippen molar-refractivity contribution >= 4 is 29.1 Å². The first-order chi connectivity index (χ1) is 18.2. The van der Waals surface area contributed by atoms with Crippen LogP contribution in [0.15, 0.2) is 48.5 Å². The quantitative estimate of drug-likeness (QED) is 0.574. The van der Waals surface area contributed by atoms with E-state index in [-0.39, 0.29) is 30.7 Å². The molecule has 2 aromatic rings. The smallest absolute Gasteiger partial charge is 0.369 e. The second-order valence-corrected chi connectivity index (χ2v) is 9.47. The van der Waals surface area contributed by atoms with Gasteiger partial charge in [-0.3, -0.25) is 19.3 Å². The Kier molecular flexibility index (Phi) is 8.55. The fourth-order valence-electron chi connectivity index (χ4n) is 4.87. The van der Waals surface area contributed by atoms with Crippen LogP contribution in [0.3, 0.4) is 0 Å². The Labute approximate surface area is 219 Å². The number of piperazine rings is 2. The highest BCUT2D eigenvalue weighted by atomic mass is 19.4. The van der Waals surface area contributed by atoms with Crippen molar-refractivity contribution < 1.29 is 27.6 Å². The molecule has 0 saturated carbocycles. The zero-order valence-corrected chi connectivity index (χ0v) is 21.3. The average Bonchev–Trinajstić information content (AvgIpc) is 2.90. The number of amides is 3. The van der Waals surface area contributed by atoms with Crippen LogP contribution in [0.25, 0.3) is 0 Å². The number of para-hydroxylation sites is 1. The first-order valence-electron chi connectivity index (χ1n) is 12.7. The predicted molar refractivity (Wildman–Crippen MR) is 138 cm³/mol. The second-order valence-electron chi connectivity index (χ2n) is 9.47. The van der Waals surface area contributed by atoms with Crippen molar-refractivity contribution in [3.63, 3.8) is 0 Å². The van der Waals surface area contributed by atoms with E-state index in [1.54, 1.807) is 12.1 Å². The first-order valence-corrected chi connectivity index (χ1v) is 12.7. The van der Waals surface area contributed by atoms with Gasteiger partial charge >= 0.3 is 6.18 Å². The van der Waals surface area contributed by atoms with Crippen LogP contribution < -0.4 is 15.5 Å². The molecule has 0 aliphatic carbocycles. The highest BCUT2D eigenvalue weighted by molar-refractivity contribution is 5.98. The van der Waals surface area contributed by atoms with E-state index in [2.05, 4.69) is 10.6 Å². The number of nitrogens with one attached hydrogen (secondary N) is 2. The molecule has 2 heterocycles. The van der Waals surface area contributed by atoms with Crippen molar-refractivity contribution in [2.75, 3.05) is 56.0 Å². The topological polar surface area (TPSA) is 85.0 Å². The fourth-order valence-corrected chi connectivity index (χ4v) is 4.87. The van der Waals surface area contributed by atoms with Gasteiger partial charge in [-0.15, -0.1) is 0 Å². The summed E-state index contributed by atoms with van der Waals surface area (Å²) in [6.45, 7) is 4.58. The molecule has 11 heteroatoms. The molecule has 38 heavy (non-hydrogen) atoms. The third-order valence-corrected chi connectivity index (χ3v) is 6.97. The number of carbonyl (C=O) groups is 3. The Morgan fingerprint density at radius 2 is 1.76 bits per heavy atom. The summed E-state index contributed by atoms with van der Waals surface area (Å²) in [6, 6.07) is 11.8. The molecule has 2 aliphatic heterocycles. The summed E-state index contributed by atoms with van der Waals surface area (Å²) >= 11 is 0. The maximum Gasteiger partial charge on any atom is 0.416 e. The monoisotopic (exact) mass is 531 g/mol. The van der Waals surface area contributed by atoms with E-state index in [0.29, 0.717) is 50.6 Å². The minimum absolute atomic E-state index is 0.0699. The van der Waals surface area contributed by atoms with Crippen molar-refractivity contribution in [3.05, 3.63) is 59.7 Å². The molecule has 1 atom stereocenters. The largest absolute Gasteiger partial charge is 0.416 e. The molecule has 0 spiro atoms. The average molecular weight is 532 g/mol. The van der Waals surface area contributed by atoms with Gasteiger partial charge in [0.05, 0.1) is 18.5 Å². The highest BCUT2D eigenvalue weighted by Crippen LogP contribution is 2.32. The predicted octanol–water partition coefficient (Wildman–Crippen LogP) is 2.75. The molecule has 0 aromatic heterocycles. The third-order valence-electron chi connectivity index (χ3n) is 6.97. The summed E-state index contributed by atoms with van der Waals surface area (Å²) in [5, 5.41) is 5.60. The molecule has 3 amide bonds. The van der Waals surface area contributed by atoms with Crippen molar-refractivity contribution in [2.45, 2.75) is 32.0 Å². The minimum atomic E-state index is -4.40. The molecule has 204 valence electrons. The van der Waals surface area contributed by atoms with Gasteiger partial charge < -0.3 is 20.4 Å². The molecule has 2 N–H and O–H groups in total. The van der Waals surface area contributed by atoms with Crippen molar-refractivity contribution in [3.8, 4) is 0 Å². The van der Waals surface area contributed by atoms with Crippen LogP contribution in [-0.4, -0.2) is 79.4 Å². The number of hydrogen-bond acceptors (Lipinski definition) is 5. The summed E-state index contributed by atoms with van der Waals surface area (Å²) in [5.74, 6) is -0.961. The van der Waals surface area contributed by atoms with E-state index in [0.717, 1.165) is 24.1 Å². The molecule has 8 nitrogen and oxygen atoms in total. The number of halogens is 3. The van der Waals surface area contributed by atoms with Crippen LogP contribution in [-0.2, 0) is 27.0 Å². The first kappa shape index (κ1) is 27.4. The van der Waals surface area contributed by atoms with Crippen molar-refractivity contribution in [1.29, 1.82) is 0 Å². The number of nitrogens with zero attached hydrogens (tertiary/aromatic N) is 3. The normalized spacial score (nSPS) is 18.7. The van der Waals surface area contributed by atoms with Crippen molar-refractivity contribution in [2.24, 2.45) is 0 Å². The maximum absolute atomic E-state index is 13.2. The summed E-state index contributed by atoms with van der Waals surface area (Å²) in [7, 11) is 0. The summed E-state index contributed by atoms with van der Waals surface area (Å²) in [5.41, 5.74) is 1.47. The summed E-state index contributed by atoms with van der Waals surface area (Å²) < 4.78 is 39.2. The lowest BCUT2D eigenvalue weighted by atomic mass is 10.1. The van der Waals surface area contributed by atoms with Gasteiger partial charge in [-0.1, -0.05) is 31.2 Å². The van der Waals surface area contributed by atoms with Crippen LogP contribution in [0, 0.1) is 0 Å². The number of hydrogen-bond donors (Lipinski definition) is 2. The Balaban J connectivity index is 1.34. The van der Waals surface area contributed by atoms with Gasteiger partial charge in [-0.2, -0.15) is 13.2 Å². The molecule has 2 saturated heterocycles. The van der Waals surface area contributed by atoms with Gasteiger partial charge in [0.2, 0.25) is 17.7 Å². The number of rotatable bonds is 7. The van der Waals surface area contributed by atoms with E-state index in [4.69, 9.17) is 0 Å². The Morgan fingerprint density at radius 1 is 1.03 bits per heavy atom. The van der Waals surface area contributed by atoms with Crippen LogP contribution >= 0.6 is 0 Å². The van der Waals surface area contributed by atoms with E-state index in [1.807, 2.05) is 34.9 Å². The molecular weight excluding hydrogens is 499 g/mol. The zero-order valence-electron chi connectivity index (χ0n) is 21.3. The Morgan fingerprint density at radius 3 is 2.47 bits per heavy atom. The molecule has 4 rings (SSSR count). The lowest BCUT2D eigenvalue weighted by molar-refractivity contribution is -0.145. The van der Waals surface area contributed by atoms with Crippen molar-refractivity contribution in [1.82, 2.24) is 15.1 Å². The molecule has 2 aromatic carbocycles. The Bertz CT molecular complexity index is 1160.